The minimum Gasteiger partial charge on any atom is -0.377 e. The van der Waals surface area contributed by atoms with E-state index in [4.69, 9.17) is 5.73 Å². The van der Waals surface area contributed by atoms with E-state index >= 15 is 4.39 Å². The number of hydrogen-bond donors (Lipinski definition) is 3. The van der Waals surface area contributed by atoms with E-state index in [2.05, 4.69) is 30.8 Å². The standard InChI is InChI=1S/C20H25FN4O/c1-25(2,11-5-10-22)14-7-3-6-13(12-14)23-18-16-17-15(24-19(16)26)8-4-9-20(17,18)21/h3-4,6-8,12,16,18,23H,5,9-11,22H2,1-2H3/p+1. The Morgan fingerprint density at radius 2 is 2.23 bits per heavy atom. The molecule has 3 aliphatic rings. The van der Waals surface area contributed by atoms with Crippen molar-refractivity contribution in [3.05, 3.63) is 47.7 Å². The van der Waals surface area contributed by atoms with E-state index in [0.29, 0.717) is 28.7 Å². The van der Waals surface area contributed by atoms with Gasteiger partial charge in [0.1, 0.15) is 5.69 Å². The quantitative estimate of drug-likeness (QED) is 0.683. The Bertz CT molecular complexity index is 816. The number of quaternary nitrogens is 1. The van der Waals surface area contributed by atoms with Gasteiger partial charge in [0.15, 0.2) is 5.67 Å². The highest BCUT2D eigenvalue weighted by Crippen LogP contribution is 2.55. The van der Waals surface area contributed by atoms with Crippen LogP contribution in [0.1, 0.15) is 12.8 Å². The summed E-state index contributed by atoms with van der Waals surface area (Å²) in [5.41, 5.74) is 7.42. The predicted molar refractivity (Wildman–Crippen MR) is 102 cm³/mol. The summed E-state index contributed by atoms with van der Waals surface area (Å²) in [4.78, 5) is 12.3. The second kappa shape index (κ2) is 5.93. The van der Waals surface area contributed by atoms with Gasteiger partial charge >= 0.3 is 0 Å². The third kappa shape index (κ3) is 2.47. The topological polar surface area (TPSA) is 67.1 Å². The summed E-state index contributed by atoms with van der Waals surface area (Å²) in [7, 11) is 4.27. The van der Waals surface area contributed by atoms with Crippen molar-refractivity contribution in [3.63, 3.8) is 0 Å². The van der Waals surface area contributed by atoms with Gasteiger partial charge in [-0.1, -0.05) is 12.1 Å². The van der Waals surface area contributed by atoms with Gasteiger partial charge in [0.25, 0.3) is 0 Å². The molecule has 6 heteroatoms. The van der Waals surface area contributed by atoms with Crippen molar-refractivity contribution in [1.82, 2.24) is 9.80 Å². The average molecular weight is 357 g/mol. The number of allylic oxidation sites excluding steroid dienone is 2. The van der Waals surface area contributed by atoms with E-state index in [1.165, 1.54) is 0 Å². The third-order valence-electron chi connectivity index (χ3n) is 5.90. The van der Waals surface area contributed by atoms with Crippen LogP contribution in [0.5, 0.6) is 0 Å². The maximum absolute atomic E-state index is 15.5. The molecule has 1 fully saturated rings. The highest BCUT2D eigenvalue weighted by Gasteiger charge is 2.66. The van der Waals surface area contributed by atoms with Gasteiger partial charge in [-0.3, -0.25) is 9.28 Å². The number of alkyl halides is 1. The smallest absolute Gasteiger partial charge is 0.234 e. The largest absolute Gasteiger partial charge is 0.377 e. The average Bonchev–Trinajstić information content (AvgIpc) is 2.94. The van der Waals surface area contributed by atoms with Crippen molar-refractivity contribution >= 4 is 17.3 Å². The summed E-state index contributed by atoms with van der Waals surface area (Å²) in [6.45, 7) is 1.59. The van der Waals surface area contributed by atoms with Crippen molar-refractivity contribution in [2.45, 2.75) is 24.6 Å². The normalized spacial score (nSPS) is 29.3. The maximum atomic E-state index is 15.5. The van der Waals surface area contributed by atoms with E-state index in [1.54, 1.807) is 6.08 Å². The first kappa shape index (κ1) is 17.2. The van der Waals surface area contributed by atoms with Gasteiger partial charge in [-0.25, -0.2) is 4.39 Å². The summed E-state index contributed by atoms with van der Waals surface area (Å²) in [6, 6.07) is 7.50. The van der Waals surface area contributed by atoms with Crippen LogP contribution in [0.3, 0.4) is 0 Å². The van der Waals surface area contributed by atoms with Crippen LogP contribution in [0.2, 0.25) is 0 Å². The third-order valence-corrected chi connectivity index (χ3v) is 5.90. The molecule has 4 N–H and O–H groups in total. The summed E-state index contributed by atoms with van der Waals surface area (Å²) in [6.07, 6.45) is 4.87. The van der Waals surface area contributed by atoms with Crippen LogP contribution in [0.25, 0.3) is 0 Å². The molecule has 0 aromatic heterocycles. The van der Waals surface area contributed by atoms with Crippen molar-refractivity contribution in [1.29, 1.82) is 0 Å². The second-order valence-corrected chi connectivity index (χ2v) is 7.99. The Labute approximate surface area is 153 Å². The molecule has 0 radical (unpaired) electrons. The van der Waals surface area contributed by atoms with Gasteiger partial charge in [0.05, 0.1) is 32.6 Å². The second-order valence-electron chi connectivity index (χ2n) is 7.99. The molecule has 5 nitrogen and oxygen atoms in total. The lowest BCUT2D eigenvalue weighted by Gasteiger charge is -2.50. The fourth-order valence-corrected chi connectivity index (χ4v) is 4.39. The molecule has 1 amide bonds. The van der Waals surface area contributed by atoms with Crippen LogP contribution in [-0.2, 0) is 4.79 Å². The summed E-state index contributed by atoms with van der Waals surface area (Å²) >= 11 is 0. The number of carbonyl (C=O) groups is 1. The molecule has 1 heterocycles. The lowest BCUT2D eigenvalue weighted by atomic mass is 9.60. The zero-order chi connectivity index (χ0) is 18.5. The number of nitrogens with zero attached hydrogens (tertiary/aromatic N) is 1. The molecule has 3 atom stereocenters. The molecule has 1 aliphatic heterocycles. The minimum absolute atomic E-state index is 0.109. The number of carbonyl (C=O) groups excluding carboxylic acids is 1. The maximum Gasteiger partial charge on any atom is 0.234 e. The fraction of sp³-hybridized carbons (Fsp3) is 0.450. The minimum atomic E-state index is -1.48. The summed E-state index contributed by atoms with van der Waals surface area (Å²) in [5, 5.41) is 6.11. The number of benzene rings is 1. The van der Waals surface area contributed by atoms with Crippen molar-refractivity contribution in [2.24, 2.45) is 11.7 Å². The number of nitrogens with one attached hydrogen (secondary N) is 2. The molecular formula is C20H26FN4O+. The van der Waals surface area contributed by atoms with Crippen LogP contribution in [0.4, 0.5) is 15.8 Å². The lowest BCUT2D eigenvalue weighted by Crippen LogP contribution is -2.63. The van der Waals surface area contributed by atoms with Gasteiger partial charge in [0.2, 0.25) is 5.91 Å². The van der Waals surface area contributed by atoms with Crippen LogP contribution in [-0.4, -0.2) is 44.8 Å². The van der Waals surface area contributed by atoms with Crippen LogP contribution in [0, 0.1) is 5.92 Å². The number of halogens is 1. The monoisotopic (exact) mass is 357 g/mol. The van der Waals surface area contributed by atoms with Gasteiger partial charge in [-0.05, 0) is 24.8 Å². The highest BCUT2D eigenvalue weighted by molar-refractivity contribution is 5.93. The zero-order valence-electron chi connectivity index (χ0n) is 15.3. The Morgan fingerprint density at radius 1 is 1.42 bits per heavy atom. The van der Waals surface area contributed by atoms with Gasteiger partial charge in [-0.2, -0.15) is 0 Å². The Hall–Kier alpha value is -2.18. The number of anilines is 1. The molecular weight excluding hydrogens is 331 g/mol. The van der Waals surface area contributed by atoms with E-state index in [-0.39, 0.29) is 5.91 Å². The van der Waals surface area contributed by atoms with Crippen molar-refractivity contribution in [3.8, 4) is 0 Å². The van der Waals surface area contributed by atoms with E-state index < -0.39 is 17.6 Å². The van der Waals surface area contributed by atoms with E-state index in [9.17, 15) is 4.79 Å². The Kier molecular flexibility index (Phi) is 3.93. The number of nitrogens with two attached hydrogens (primary N) is 1. The van der Waals surface area contributed by atoms with Gasteiger partial charge in [0, 0.05) is 35.9 Å². The Balaban J connectivity index is 1.57. The lowest BCUT2D eigenvalue weighted by molar-refractivity contribution is -0.126. The number of hydrogen-bond acceptors (Lipinski definition) is 3. The summed E-state index contributed by atoms with van der Waals surface area (Å²) < 4.78 is 16.2. The van der Waals surface area contributed by atoms with Gasteiger partial charge < -0.3 is 16.4 Å². The molecule has 0 spiro atoms. The molecule has 2 aliphatic carbocycles. The molecule has 0 saturated heterocycles. The molecule has 0 bridgehead atoms. The first-order valence-corrected chi connectivity index (χ1v) is 9.18. The van der Waals surface area contributed by atoms with Gasteiger partial charge in [-0.15, -0.1) is 0 Å². The SMILES string of the molecule is C[N+](C)(CCCN)c1cccc(NC2C3C(=O)NC4=C3C2(F)CC=C4)c1. The highest BCUT2D eigenvalue weighted by atomic mass is 19.1. The summed E-state index contributed by atoms with van der Waals surface area (Å²) in [5.74, 6) is -0.522. The van der Waals surface area contributed by atoms with Crippen molar-refractivity contribution in [2.75, 3.05) is 32.5 Å². The number of rotatable bonds is 6. The molecule has 4 rings (SSSR count). The fourth-order valence-electron chi connectivity index (χ4n) is 4.39. The molecule has 1 aromatic carbocycles. The first-order chi connectivity index (χ1) is 12.4. The predicted octanol–water partition coefficient (Wildman–Crippen LogP) is 2.06. The molecule has 1 saturated carbocycles. The Morgan fingerprint density at radius 3 is 3.00 bits per heavy atom. The van der Waals surface area contributed by atoms with E-state index in [1.807, 2.05) is 24.3 Å². The molecule has 26 heavy (non-hydrogen) atoms. The van der Waals surface area contributed by atoms with Crippen LogP contribution < -0.4 is 20.9 Å². The molecule has 3 unspecified atom stereocenters. The first-order valence-electron chi connectivity index (χ1n) is 9.18. The van der Waals surface area contributed by atoms with E-state index in [0.717, 1.165) is 24.3 Å². The van der Waals surface area contributed by atoms with Crippen molar-refractivity contribution < 1.29 is 9.18 Å². The zero-order valence-corrected chi connectivity index (χ0v) is 15.3. The number of amides is 1. The molecule has 1 aromatic rings. The molecule has 138 valence electrons. The van der Waals surface area contributed by atoms with Crippen LogP contribution in [0.15, 0.2) is 47.7 Å². The van der Waals surface area contributed by atoms with Crippen LogP contribution >= 0.6 is 0 Å².